The van der Waals surface area contributed by atoms with Crippen molar-refractivity contribution >= 4 is 16.9 Å². The number of ether oxygens (including phenoxy) is 1. The van der Waals surface area contributed by atoms with Crippen molar-refractivity contribution < 1.29 is 19.1 Å². The normalized spacial score (nSPS) is 12.1. The van der Waals surface area contributed by atoms with Crippen LogP contribution >= 0.6 is 0 Å². The Hall–Kier alpha value is -2.79. The Bertz CT molecular complexity index is 825. The average molecular weight is 311 g/mol. The predicted molar refractivity (Wildman–Crippen MR) is 86.5 cm³/mol. The molecule has 0 saturated carbocycles. The quantitative estimate of drug-likeness (QED) is 0.760. The number of methoxy groups -OCH3 is 1. The number of rotatable bonds is 5. The summed E-state index contributed by atoms with van der Waals surface area (Å²) in [6.07, 6.45) is 0.616. The Kier molecular flexibility index (Phi) is 4.30. The lowest BCUT2D eigenvalue weighted by Crippen LogP contribution is -2.28. The van der Waals surface area contributed by atoms with Gasteiger partial charge in [-0.2, -0.15) is 0 Å². The number of aliphatic hydroxyl groups is 1. The third-order valence-corrected chi connectivity index (χ3v) is 3.66. The van der Waals surface area contributed by atoms with Crippen molar-refractivity contribution in [1.29, 1.82) is 0 Å². The third-order valence-electron chi connectivity index (χ3n) is 3.66. The molecule has 23 heavy (non-hydrogen) atoms. The summed E-state index contributed by atoms with van der Waals surface area (Å²) in [7, 11) is 1.57. The van der Waals surface area contributed by atoms with Crippen LogP contribution in [0.5, 0.6) is 5.75 Å². The first-order chi connectivity index (χ1) is 11.2. The maximum atomic E-state index is 12.3. The summed E-state index contributed by atoms with van der Waals surface area (Å²) >= 11 is 0. The lowest BCUT2D eigenvalue weighted by molar-refractivity contribution is 0.0917. The van der Waals surface area contributed by atoms with Crippen molar-refractivity contribution in [3.8, 4) is 5.75 Å². The smallest absolute Gasteiger partial charge is 0.255 e. The molecule has 1 unspecified atom stereocenters. The first-order valence-corrected chi connectivity index (χ1v) is 7.25. The molecule has 2 N–H and O–H groups in total. The number of amides is 1. The van der Waals surface area contributed by atoms with Gasteiger partial charge in [0.25, 0.3) is 5.91 Å². The minimum atomic E-state index is -0.813. The van der Waals surface area contributed by atoms with Gasteiger partial charge in [-0.3, -0.25) is 4.79 Å². The van der Waals surface area contributed by atoms with Gasteiger partial charge in [-0.05, 0) is 23.8 Å². The van der Waals surface area contributed by atoms with Gasteiger partial charge in [0, 0.05) is 11.9 Å². The Labute approximate surface area is 133 Å². The average Bonchev–Trinajstić information content (AvgIpc) is 3.03. The van der Waals surface area contributed by atoms with E-state index in [0.717, 1.165) is 5.39 Å². The fraction of sp³-hybridized carbons (Fsp3) is 0.167. The number of hydrogen-bond donors (Lipinski definition) is 2. The highest BCUT2D eigenvalue weighted by Crippen LogP contribution is 2.21. The lowest BCUT2D eigenvalue weighted by Gasteiger charge is -2.13. The fourth-order valence-electron chi connectivity index (χ4n) is 2.40. The number of aliphatic hydroxyl groups excluding tert-OH is 1. The molecule has 1 heterocycles. The molecule has 0 fully saturated rings. The molecule has 0 spiro atoms. The Morgan fingerprint density at radius 1 is 1.26 bits per heavy atom. The second-order valence-electron chi connectivity index (χ2n) is 5.15. The van der Waals surface area contributed by atoms with E-state index in [-0.39, 0.29) is 12.5 Å². The molecule has 1 aromatic heterocycles. The van der Waals surface area contributed by atoms with Crippen molar-refractivity contribution in [3.63, 3.8) is 0 Å². The Morgan fingerprint density at radius 3 is 2.91 bits per heavy atom. The zero-order valence-electron chi connectivity index (χ0n) is 12.7. The first-order valence-electron chi connectivity index (χ1n) is 7.25. The summed E-state index contributed by atoms with van der Waals surface area (Å²) in [4.78, 5) is 12.3. The topological polar surface area (TPSA) is 71.7 Å². The van der Waals surface area contributed by atoms with Crippen LogP contribution in [0.3, 0.4) is 0 Å². The fourth-order valence-corrected chi connectivity index (χ4v) is 2.40. The Morgan fingerprint density at radius 2 is 2.09 bits per heavy atom. The van der Waals surface area contributed by atoms with Crippen LogP contribution in [0, 0.1) is 0 Å². The molecule has 0 radical (unpaired) electrons. The largest absolute Gasteiger partial charge is 0.497 e. The standard InChI is InChI=1S/C18H17NO4/c1-22-13-6-4-5-12(9-13)16(20)10-19-18(21)15-11-23-17-8-3-2-7-14(15)17/h2-9,11,16,20H,10H2,1H3,(H,19,21). The summed E-state index contributed by atoms with van der Waals surface area (Å²) in [5.41, 5.74) is 1.80. The molecule has 5 nitrogen and oxygen atoms in total. The second-order valence-corrected chi connectivity index (χ2v) is 5.15. The Balaban J connectivity index is 1.68. The van der Waals surface area contributed by atoms with E-state index < -0.39 is 6.10 Å². The molecule has 0 saturated heterocycles. The maximum Gasteiger partial charge on any atom is 0.255 e. The van der Waals surface area contributed by atoms with E-state index >= 15 is 0 Å². The number of fused-ring (bicyclic) bond motifs is 1. The number of carbonyl (C=O) groups excluding carboxylic acids is 1. The molecule has 3 aromatic rings. The van der Waals surface area contributed by atoms with Crippen molar-refractivity contribution in [2.24, 2.45) is 0 Å². The van der Waals surface area contributed by atoms with Crippen LogP contribution in [0.1, 0.15) is 22.0 Å². The zero-order chi connectivity index (χ0) is 16.2. The lowest BCUT2D eigenvalue weighted by atomic mass is 10.1. The maximum absolute atomic E-state index is 12.3. The molecule has 118 valence electrons. The monoisotopic (exact) mass is 311 g/mol. The van der Waals surface area contributed by atoms with E-state index in [1.54, 1.807) is 37.4 Å². The van der Waals surface area contributed by atoms with Gasteiger partial charge in [-0.1, -0.05) is 30.3 Å². The van der Waals surface area contributed by atoms with E-state index in [1.165, 1.54) is 6.26 Å². The predicted octanol–water partition coefficient (Wildman–Crippen LogP) is 2.90. The first kappa shape index (κ1) is 15.1. The van der Waals surface area contributed by atoms with Crippen LogP contribution in [0.4, 0.5) is 0 Å². The van der Waals surface area contributed by atoms with Crippen molar-refractivity contribution in [1.82, 2.24) is 5.32 Å². The van der Waals surface area contributed by atoms with E-state index in [9.17, 15) is 9.90 Å². The minimum Gasteiger partial charge on any atom is -0.497 e. The van der Waals surface area contributed by atoms with E-state index in [2.05, 4.69) is 5.32 Å². The number of nitrogens with one attached hydrogen (secondary N) is 1. The highest BCUT2D eigenvalue weighted by molar-refractivity contribution is 6.05. The van der Waals surface area contributed by atoms with Gasteiger partial charge in [-0.25, -0.2) is 0 Å². The molecule has 0 bridgehead atoms. The van der Waals surface area contributed by atoms with Gasteiger partial charge in [0.15, 0.2) is 0 Å². The highest BCUT2D eigenvalue weighted by atomic mass is 16.5. The van der Waals surface area contributed by atoms with Gasteiger partial charge < -0.3 is 19.6 Å². The third kappa shape index (κ3) is 3.19. The summed E-state index contributed by atoms with van der Waals surface area (Å²) in [6, 6.07) is 14.4. The minimum absolute atomic E-state index is 0.103. The molecule has 0 aliphatic rings. The second kappa shape index (κ2) is 6.54. The molecular weight excluding hydrogens is 294 g/mol. The van der Waals surface area contributed by atoms with E-state index in [0.29, 0.717) is 22.5 Å². The van der Waals surface area contributed by atoms with Crippen molar-refractivity contribution in [3.05, 3.63) is 65.9 Å². The summed E-state index contributed by atoms with van der Waals surface area (Å²) in [6.45, 7) is 0.103. The van der Waals surface area contributed by atoms with Gasteiger partial charge in [0.05, 0.1) is 18.8 Å². The van der Waals surface area contributed by atoms with Gasteiger partial charge in [0.1, 0.15) is 17.6 Å². The highest BCUT2D eigenvalue weighted by Gasteiger charge is 2.15. The molecule has 0 aliphatic heterocycles. The SMILES string of the molecule is COc1cccc(C(O)CNC(=O)c2coc3ccccc23)c1. The number of benzene rings is 2. The van der Waals surface area contributed by atoms with Crippen molar-refractivity contribution in [2.45, 2.75) is 6.10 Å². The van der Waals surface area contributed by atoms with Gasteiger partial charge in [-0.15, -0.1) is 0 Å². The molecule has 0 aliphatic carbocycles. The van der Waals surface area contributed by atoms with Crippen LogP contribution < -0.4 is 10.1 Å². The van der Waals surface area contributed by atoms with Crippen molar-refractivity contribution in [2.75, 3.05) is 13.7 Å². The van der Waals surface area contributed by atoms with Crippen LogP contribution in [-0.4, -0.2) is 24.7 Å². The molecule has 1 atom stereocenters. The molecule has 5 heteroatoms. The molecule has 2 aromatic carbocycles. The number of hydrogen-bond acceptors (Lipinski definition) is 4. The molecule has 3 rings (SSSR count). The van der Waals surface area contributed by atoms with Crippen LogP contribution in [-0.2, 0) is 0 Å². The summed E-state index contributed by atoms with van der Waals surface area (Å²) < 4.78 is 10.5. The molecular formula is C18H17NO4. The summed E-state index contributed by atoms with van der Waals surface area (Å²) in [5.74, 6) is 0.380. The van der Waals surface area contributed by atoms with E-state index in [1.807, 2.05) is 18.2 Å². The zero-order valence-corrected chi connectivity index (χ0v) is 12.7. The van der Waals surface area contributed by atoms with E-state index in [4.69, 9.17) is 9.15 Å². The van der Waals surface area contributed by atoms with Gasteiger partial charge >= 0.3 is 0 Å². The number of para-hydroxylation sites is 1. The number of carbonyl (C=O) groups is 1. The van der Waals surface area contributed by atoms with Crippen LogP contribution in [0.2, 0.25) is 0 Å². The van der Waals surface area contributed by atoms with Crippen LogP contribution in [0.25, 0.3) is 11.0 Å². The van der Waals surface area contributed by atoms with Gasteiger partial charge in [0.2, 0.25) is 0 Å². The van der Waals surface area contributed by atoms with Crippen LogP contribution in [0.15, 0.2) is 59.2 Å². The molecule has 1 amide bonds. The number of furan rings is 1. The summed E-state index contributed by atoms with van der Waals surface area (Å²) in [5, 5.41) is 13.7.